The van der Waals surface area contributed by atoms with Gasteiger partial charge in [0.25, 0.3) is 0 Å². The number of nitrogens with zero attached hydrogens (tertiary/aromatic N) is 1. The lowest BCUT2D eigenvalue weighted by atomic mass is 10.3. The van der Waals surface area contributed by atoms with Gasteiger partial charge in [0.2, 0.25) is 0 Å². The molecule has 0 bridgehead atoms. The van der Waals surface area contributed by atoms with Crippen LogP contribution in [0.3, 0.4) is 0 Å². The third kappa shape index (κ3) is 3.89. The smallest absolute Gasteiger partial charge is 0.301 e. The molecule has 0 atom stereocenters. The van der Waals surface area contributed by atoms with Crippen molar-refractivity contribution in [3.63, 3.8) is 0 Å². The number of nitrogens with two attached hydrogens (primary N) is 1. The van der Waals surface area contributed by atoms with E-state index in [9.17, 15) is 8.42 Å². The van der Waals surface area contributed by atoms with Gasteiger partial charge in [0.05, 0.1) is 11.4 Å². The number of nitrogen functional groups attached to an aromatic ring is 1. The maximum absolute atomic E-state index is 12.2. The first-order valence-corrected chi connectivity index (χ1v) is 7.57. The molecule has 5 nitrogen and oxygen atoms in total. The van der Waals surface area contributed by atoms with E-state index in [0.717, 1.165) is 12.8 Å². The highest BCUT2D eigenvalue weighted by Crippen LogP contribution is 2.19. The van der Waals surface area contributed by atoms with Crippen LogP contribution >= 0.6 is 0 Å². The van der Waals surface area contributed by atoms with Crippen molar-refractivity contribution in [3.05, 3.63) is 24.3 Å². The summed E-state index contributed by atoms with van der Waals surface area (Å²) in [5, 5.41) is 0. The van der Waals surface area contributed by atoms with Gasteiger partial charge in [0, 0.05) is 13.1 Å². The Morgan fingerprint density at radius 1 is 1.17 bits per heavy atom. The fourth-order valence-electron chi connectivity index (χ4n) is 1.64. The SMILES string of the molecule is CCCN(CCC)S(=O)(=O)Nc1ccccc1N. The van der Waals surface area contributed by atoms with Crippen molar-refractivity contribution in [2.45, 2.75) is 26.7 Å². The van der Waals surface area contributed by atoms with Gasteiger partial charge in [-0.3, -0.25) is 4.72 Å². The van der Waals surface area contributed by atoms with E-state index in [1.165, 1.54) is 4.31 Å². The summed E-state index contributed by atoms with van der Waals surface area (Å²) < 4.78 is 28.4. The Labute approximate surface area is 109 Å². The summed E-state index contributed by atoms with van der Waals surface area (Å²) in [6.45, 7) is 4.93. The van der Waals surface area contributed by atoms with Gasteiger partial charge in [-0.15, -0.1) is 0 Å². The number of para-hydroxylation sites is 2. The molecule has 1 aromatic rings. The number of benzene rings is 1. The molecule has 0 unspecified atom stereocenters. The van der Waals surface area contributed by atoms with Crippen LogP contribution in [0.25, 0.3) is 0 Å². The van der Waals surface area contributed by atoms with E-state index in [2.05, 4.69) is 4.72 Å². The Hall–Kier alpha value is -1.27. The zero-order chi connectivity index (χ0) is 13.6. The first-order valence-electron chi connectivity index (χ1n) is 6.13. The fraction of sp³-hybridized carbons (Fsp3) is 0.500. The Morgan fingerprint density at radius 2 is 1.72 bits per heavy atom. The predicted octanol–water partition coefficient (Wildman–Crippen LogP) is 2.05. The fourth-order valence-corrected chi connectivity index (χ4v) is 3.08. The maximum Gasteiger partial charge on any atom is 0.301 e. The second-order valence-corrected chi connectivity index (χ2v) is 5.76. The monoisotopic (exact) mass is 271 g/mol. The van der Waals surface area contributed by atoms with E-state index in [0.29, 0.717) is 24.5 Å². The first-order chi connectivity index (χ1) is 8.51. The lowest BCUT2D eigenvalue weighted by Gasteiger charge is -2.22. The van der Waals surface area contributed by atoms with Crippen LogP contribution < -0.4 is 10.5 Å². The number of hydrogen-bond acceptors (Lipinski definition) is 3. The molecule has 0 spiro atoms. The minimum Gasteiger partial charge on any atom is -0.397 e. The van der Waals surface area contributed by atoms with Crippen LogP contribution in [0.4, 0.5) is 11.4 Å². The largest absolute Gasteiger partial charge is 0.397 e. The quantitative estimate of drug-likeness (QED) is 0.745. The Morgan fingerprint density at radius 3 is 2.22 bits per heavy atom. The number of nitrogens with one attached hydrogen (secondary N) is 1. The van der Waals surface area contributed by atoms with Crippen LogP contribution in [0.15, 0.2) is 24.3 Å². The number of rotatable bonds is 7. The van der Waals surface area contributed by atoms with E-state index in [1.807, 2.05) is 13.8 Å². The standard InChI is InChI=1S/C12H21N3O2S/c1-3-9-15(10-4-2)18(16,17)14-12-8-6-5-7-11(12)13/h5-8,14H,3-4,9-10,13H2,1-2H3. The molecule has 1 rings (SSSR count). The minimum absolute atomic E-state index is 0.425. The molecule has 0 heterocycles. The van der Waals surface area contributed by atoms with Gasteiger partial charge in [0.1, 0.15) is 0 Å². The van der Waals surface area contributed by atoms with Gasteiger partial charge in [-0.25, -0.2) is 0 Å². The maximum atomic E-state index is 12.2. The van der Waals surface area contributed by atoms with E-state index in [1.54, 1.807) is 24.3 Å². The molecule has 6 heteroatoms. The summed E-state index contributed by atoms with van der Waals surface area (Å²) in [7, 11) is -3.52. The van der Waals surface area contributed by atoms with E-state index in [4.69, 9.17) is 5.73 Å². The summed E-state index contributed by atoms with van der Waals surface area (Å²) in [6, 6.07) is 6.84. The van der Waals surface area contributed by atoms with E-state index in [-0.39, 0.29) is 0 Å². The van der Waals surface area contributed by atoms with Crippen molar-refractivity contribution >= 4 is 21.6 Å². The number of hydrogen-bond donors (Lipinski definition) is 2. The zero-order valence-electron chi connectivity index (χ0n) is 10.9. The molecule has 0 aromatic heterocycles. The average Bonchev–Trinajstić information content (AvgIpc) is 2.32. The molecule has 0 saturated heterocycles. The third-order valence-electron chi connectivity index (χ3n) is 2.49. The molecule has 3 N–H and O–H groups in total. The van der Waals surface area contributed by atoms with Crippen LogP contribution in [-0.2, 0) is 10.2 Å². The summed E-state index contributed by atoms with van der Waals surface area (Å²) in [5.74, 6) is 0. The van der Waals surface area contributed by atoms with E-state index >= 15 is 0 Å². The normalized spacial score (nSPS) is 11.7. The van der Waals surface area contributed by atoms with Crippen molar-refractivity contribution in [3.8, 4) is 0 Å². The Bertz CT molecular complexity index is 468. The highest BCUT2D eigenvalue weighted by Gasteiger charge is 2.20. The molecule has 102 valence electrons. The first kappa shape index (κ1) is 14.8. The molecule has 18 heavy (non-hydrogen) atoms. The van der Waals surface area contributed by atoms with Crippen molar-refractivity contribution in [1.82, 2.24) is 4.31 Å². The van der Waals surface area contributed by atoms with Gasteiger partial charge in [0.15, 0.2) is 0 Å². The van der Waals surface area contributed by atoms with Gasteiger partial charge in [-0.1, -0.05) is 26.0 Å². The summed E-state index contributed by atoms with van der Waals surface area (Å²) in [6.07, 6.45) is 1.57. The second kappa shape index (κ2) is 6.61. The van der Waals surface area contributed by atoms with Crippen LogP contribution in [0, 0.1) is 0 Å². The van der Waals surface area contributed by atoms with Crippen molar-refractivity contribution in [2.24, 2.45) is 0 Å². The number of anilines is 2. The van der Waals surface area contributed by atoms with Crippen LogP contribution in [0.5, 0.6) is 0 Å². The molecular formula is C12H21N3O2S. The molecule has 0 fully saturated rings. The van der Waals surface area contributed by atoms with Crippen molar-refractivity contribution in [2.75, 3.05) is 23.5 Å². The molecule has 0 aliphatic carbocycles. The summed E-state index contributed by atoms with van der Waals surface area (Å²) in [5.41, 5.74) is 6.58. The third-order valence-corrected chi connectivity index (χ3v) is 4.01. The molecule has 0 saturated carbocycles. The molecule has 0 aliphatic heterocycles. The van der Waals surface area contributed by atoms with Crippen molar-refractivity contribution in [1.29, 1.82) is 0 Å². The van der Waals surface area contributed by atoms with Gasteiger partial charge in [-0.2, -0.15) is 12.7 Å². The zero-order valence-corrected chi connectivity index (χ0v) is 11.7. The summed E-state index contributed by atoms with van der Waals surface area (Å²) >= 11 is 0. The second-order valence-electron chi connectivity index (χ2n) is 4.09. The Kier molecular flexibility index (Phi) is 5.43. The van der Waals surface area contributed by atoms with Gasteiger partial charge in [-0.05, 0) is 25.0 Å². The highest BCUT2D eigenvalue weighted by atomic mass is 32.2. The van der Waals surface area contributed by atoms with Crippen molar-refractivity contribution < 1.29 is 8.42 Å². The lowest BCUT2D eigenvalue weighted by Crippen LogP contribution is -2.37. The molecule has 0 amide bonds. The molecule has 0 radical (unpaired) electrons. The van der Waals surface area contributed by atoms with Crippen LogP contribution in [-0.4, -0.2) is 25.8 Å². The van der Waals surface area contributed by atoms with Crippen LogP contribution in [0.2, 0.25) is 0 Å². The highest BCUT2D eigenvalue weighted by molar-refractivity contribution is 7.90. The van der Waals surface area contributed by atoms with Crippen LogP contribution in [0.1, 0.15) is 26.7 Å². The average molecular weight is 271 g/mol. The van der Waals surface area contributed by atoms with E-state index < -0.39 is 10.2 Å². The minimum atomic E-state index is -3.52. The lowest BCUT2D eigenvalue weighted by molar-refractivity contribution is 0.413. The predicted molar refractivity (Wildman–Crippen MR) is 75.6 cm³/mol. The summed E-state index contributed by atoms with van der Waals surface area (Å²) in [4.78, 5) is 0. The van der Waals surface area contributed by atoms with Gasteiger partial charge < -0.3 is 5.73 Å². The molecular weight excluding hydrogens is 250 g/mol. The molecule has 0 aliphatic rings. The topological polar surface area (TPSA) is 75.4 Å². The molecule has 1 aromatic carbocycles. The van der Waals surface area contributed by atoms with Gasteiger partial charge >= 0.3 is 10.2 Å². The Balaban J connectivity index is 2.89.